The molecule has 34 heavy (non-hydrogen) atoms. The zero-order valence-corrected chi connectivity index (χ0v) is 19.2. The van der Waals surface area contributed by atoms with Crippen LogP contribution in [0.2, 0.25) is 0 Å². The highest BCUT2D eigenvalue weighted by atomic mass is 16.5. The predicted molar refractivity (Wildman–Crippen MR) is 122 cm³/mol. The number of hydrogen-bond acceptors (Lipinski definition) is 7. The molecule has 3 amide bonds. The molecule has 0 aliphatic carbocycles. The molecule has 2 aromatic rings. The first-order valence-corrected chi connectivity index (χ1v) is 11.2. The van der Waals surface area contributed by atoms with Crippen molar-refractivity contribution in [1.82, 2.24) is 20.4 Å². The van der Waals surface area contributed by atoms with Gasteiger partial charge in [-0.05, 0) is 25.1 Å². The van der Waals surface area contributed by atoms with Crippen molar-refractivity contribution < 1.29 is 28.3 Å². The van der Waals surface area contributed by atoms with Gasteiger partial charge >= 0.3 is 12.0 Å². The quantitative estimate of drug-likeness (QED) is 0.597. The van der Waals surface area contributed by atoms with E-state index < -0.39 is 18.0 Å². The molecule has 10 heteroatoms. The molecule has 180 valence electrons. The first kappa shape index (κ1) is 23.4. The zero-order valence-electron chi connectivity index (χ0n) is 19.2. The van der Waals surface area contributed by atoms with E-state index in [0.717, 1.165) is 0 Å². The molecule has 0 saturated carbocycles. The molecule has 1 atom stereocenters. The van der Waals surface area contributed by atoms with Crippen molar-refractivity contribution in [2.45, 2.75) is 13.0 Å². The van der Waals surface area contributed by atoms with Crippen molar-refractivity contribution in [3.8, 4) is 5.75 Å². The van der Waals surface area contributed by atoms with Crippen LogP contribution < -0.4 is 15.4 Å². The normalized spacial score (nSPS) is 18.8. The molecule has 10 nitrogen and oxygen atoms in total. The number of hydrogen-bond donors (Lipinski definition) is 2. The van der Waals surface area contributed by atoms with Crippen LogP contribution in [0.3, 0.4) is 0 Å². The SMILES string of the molecule is CCOc1ccccc1[C@H]1NC(=O)NC(CN2CCN(C(=O)c3ccco3)CC2)=C1C(=O)OC. The van der Waals surface area contributed by atoms with E-state index in [1.165, 1.54) is 13.4 Å². The van der Waals surface area contributed by atoms with Crippen LogP contribution in [0.4, 0.5) is 4.79 Å². The van der Waals surface area contributed by atoms with Gasteiger partial charge in [-0.2, -0.15) is 0 Å². The molecule has 2 aliphatic rings. The minimum absolute atomic E-state index is 0.151. The van der Waals surface area contributed by atoms with Crippen LogP contribution in [0.1, 0.15) is 29.1 Å². The Bertz CT molecular complexity index is 1070. The number of esters is 1. The highest BCUT2D eigenvalue weighted by Gasteiger charge is 2.36. The number of amides is 3. The molecule has 2 N–H and O–H groups in total. The first-order chi connectivity index (χ1) is 16.5. The second-order valence-corrected chi connectivity index (χ2v) is 7.93. The van der Waals surface area contributed by atoms with Crippen molar-refractivity contribution in [3.63, 3.8) is 0 Å². The van der Waals surface area contributed by atoms with E-state index in [9.17, 15) is 14.4 Å². The van der Waals surface area contributed by atoms with Crippen LogP contribution in [0.15, 0.2) is 58.3 Å². The lowest BCUT2D eigenvalue weighted by Crippen LogP contribution is -2.52. The first-order valence-electron chi connectivity index (χ1n) is 11.2. The number of methoxy groups -OCH3 is 1. The van der Waals surface area contributed by atoms with Crippen molar-refractivity contribution in [2.75, 3.05) is 46.4 Å². The summed E-state index contributed by atoms with van der Waals surface area (Å²) in [6.07, 6.45) is 1.48. The number of ether oxygens (including phenoxy) is 2. The summed E-state index contributed by atoms with van der Waals surface area (Å²) in [5, 5.41) is 5.62. The van der Waals surface area contributed by atoms with Crippen LogP contribution in [-0.4, -0.2) is 74.1 Å². The minimum Gasteiger partial charge on any atom is -0.494 e. The van der Waals surface area contributed by atoms with Gasteiger partial charge in [-0.1, -0.05) is 18.2 Å². The van der Waals surface area contributed by atoms with Gasteiger partial charge in [-0.3, -0.25) is 9.69 Å². The third kappa shape index (κ3) is 4.91. The molecule has 1 aromatic heterocycles. The number of piperazine rings is 1. The number of furan rings is 1. The molecule has 1 fully saturated rings. The summed E-state index contributed by atoms with van der Waals surface area (Å²) >= 11 is 0. The Hall–Kier alpha value is -3.79. The van der Waals surface area contributed by atoms with E-state index in [2.05, 4.69) is 15.5 Å². The molecular weight excluding hydrogens is 440 g/mol. The maximum Gasteiger partial charge on any atom is 0.338 e. The summed E-state index contributed by atoms with van der Waals surface area (Å²) in [7, 11) is 1.31. The van der Waals surface area contributed by atoms with Gasteiger partial charge in [0.2, 0.25) is 0 Å². The number of carbonyl (C=O) groups excluding carboxylic acids is 3. The maximum atomic E-state index is 12.9. The molecule has 1 saturated heterocycles. The molecule has 3 heterocycles. The average molecular weight is 469 g/mol. The third-order valence-corrected chi connectivity index (χ3v) is 5.86. The number of rotatable bonds is 7. The van der Waals surface area contributed by atoms with Crippen molar-refractivity contribution in [2.24, 2.45) is 0 Å². The summed E-state index contributed by atoms with van der Waals surface area (Å²) in [5.74, 6) is 0.209. The Kier molecular flexibility index (Phi) is 7.17. The summed E-state index contributed by atoms with van der Waals surface area (Å²) in [4.78, 5) is 41.8. The van der Waals surface area contributed by atoms with E-state index in [-0.39, 0.29) is 5.91 Å². The molecule has 0 bridgehead atoms. The second-order valence-electron chi connectivity index (χ2n) is 7.93. The summed E-state index contributed by atoms with van der Waals surface area (Å²) in [6, 6.07) is 9.49. The molecule has 1 aromatic carbocycles. The van der Waals surface area contributed by atoms with Gasteiger partial charge in [0.25, 0.3) is 5.91 Å². The fraction of sp³-hybridized carbons (Fsp3) is 0.375. The number of benzene rings is 1. The Morgan fingerprint density at radius 2 is 1.88 bits per heavy atom. The average Bonchev–Trinajstić information content (AvgIpc) is 3.39. The Morgan fingerprint density at radius 3 is 2.56 bits per heavy atom. The lowest BCUT2D eigenvalue weighted by molar-refractivity contribution is -0.136. The van der Waals surface area contributed by atoms with Crippen LogP contribution in [0.5, 0.6) is 5.75 Å². The fourth-order valence-corrected chi connectivity index (χ4v) is 4.22. The lowest BCUT2D eigenvalue weighted by Gasteiger charge is -2.36. The van der Waals surface area contributed by atoms with Gasteiger partial charge in [-0.15, -0.1) is 0 Å². The van der Waals surface area contributed by atoms with E-state index in [4.69, 9.17) is 13.9 Å². The number of para-hydroxylation sites is 1. The van der Waals surface area contributed by atoms with E-state index in [1.54, 1.807) is 23.1 Å². The van der Waals surface area contributed by atoms with Crippen LogP contribution in [0.25, 0.3) is 0 Å². The van der Waals surface area contributed by atoms with Crippen LogP contribution >= 0.6 is 0 Å². The third-order valence-electron chi connectivity index (χ3n) is 5.86. The topological polar surface area (TPSA) is 113 Å². The highest BCUT2D eigenvalue weighted by Crippen LogP contribution is 2.33. The van der Waals surface area contributed by atoms with Crippen LogP contribution in [-0.2, 0) is 9.53 Å². The van der Waals surface area contributed by atoms with Crippen molar-refractivity contribution >= 4 is 17.9 Å². The number of nitrogens with one attached hydrogen (secondary N) is 2. The molecule has 0 unspecified atom stereocenters. The fourth-order valence-electron chi connectivity index (χ4n) is 4.22. The summed E-state index contributed by atoms with van der Waals surface area (Å²) in [5.41, 5.74) is 1.46. The van der Waals surface area contributed by atoms with E-state index >= 15 is 0 Å². The number of carbonyl (C=O) groups is 3. The summed E-state index contributed by atoms with van der Waals surface area (Å²) < 4.78 is 16.0. The van der Waals surface area contributed by atoms with E-state index in [1.807, 2.05) is 25.1 Å². The molecule has 4 rings (SSSR count). The van der Waals surface area contributed by atoms with E-state index in [0.29, 0.717) is 67.7 Å². The largest absolute Gasteiger partial charge is 0.494 e. The van der Waals surface area contributed by atoms with Gasteiger partial charge in [0.15, 0.2) is 5.76 Å². The zero-order chi connectivity index (χ0) is 24.1. The Balaban J connectivity index is 1.56. The van der Waals surface area contributed by atoms with Gasteiger partial charge in [-0.25, -0.2) is 9.59 Å². The second kappa shape index (κ2) is 10.4. The molecule has 0 spiro atoms. The van der Waals surface area contributed by atoms with Crippen molar-refractivity contribution in [3.05, 3.63) is 65.3 Å². The van der Waals surface area contributed by atoms with Gasteiger partial charge in [0.05, 0.1) is 31.6 Å². The molecule has 0 radical (unpaired) electrons. The summed E-state index contributed by atoms with van der Waals surface area (Å²) in [6.45, 7) is 4.81. The minimum atomic E-state index is -0.722. The number of nitrogens with zero attached hydrogens (tertiary/aromatic N) is 2. The van der Waals surface area contributed by atoms with Crippen molar-refractivity contribution in [1.29, 1.82) is 0 Å². The predicted octanol–water partition coefficient (Wildman–Crippen LogP) is 1.92. The number of urea groups is 1. The van der Waals surface area contributed by atoms with Gasteiger partial charge < -0.3 is 29.4 Å². The molecular formula is C24H28N4O6. The maximum absolute atomic E-state index is 12.9. The Morgan fingerprint density at radius 1 is 1.12 bits per heavy atom. The van der Waals surface area contributed by atoms with Gasteiger partial charge in [0, 0.05) is 44.0 Å². The van der Waals surface area contributed by atoms with Gasteiger partial charge in [0.1, 0.15) is 5.75 Å². The standard InChI is InChI=1S/C24H28N4O6/c1-3-33-18-8-5-4-7-16(18)21-20(23(30)32-2)17(25-24(31)26-21)15-27-10-12-28(13-11-27)22(29)19-9-6-14-34-19/h4-9,14,21H,3,10-13,15H2,1-2H3,(H2,25,26,31)/t21-/m1/s1. The Labute approximate surface area is 197 Å². The monoisotopic (exact) mass is 468 g/mol. The van der Waals surface area contributed by atoms with Crippen LogP contribution in [0, 0.1) is 0 Å². The lowest BCUT2D eigenvalue weighted by atomic mass is 9.94. The molecule has 2 aliphatic heterocycles. The smallest absolute Gasteiger partial charge is 0.338 e. The highest BCUT2D eigenvalue weighted by molar-refractivity contribution is 5.95.